The lowest BCUT2D eigenvalue weighted by Gasteiger charge is -2.36. The molecule has 2 fully saturated rings. The number of hydrogen-bond acceptors (Lipinski definition) is 7. The average Bonchev–Trinajstić information content (AvgIpc) is 2.99. The van der Waals surface area contributed by atoms with E-state index in [1.54, 1.807) is 36.6 Å². The molecule has 0 radical (unpaired) electrons. The molecule has 2 saturated heterocycles. The Labute approximate surface area is 258 Å². The maximum atomic E-state index is 13.5. The van der Waals surface area contributed by atoms with Crippen LogP contribution in [0.1, 0.15) is 56.3 Å². The molecule has 1 aromatic heterocycles. The molecule has 1 N–H and O–H groups in total. The van der Waals surface area contributed by atoms with Crippen molar-refractivity contribution in [1.82, 2.24) is 25.1 Å². The van der Waals surface area contributed by atoms with E-state index in [2.05, 4.69) is 20.2 Å². The number of hydrogen-bond donors (Lipinski definition) is 1. The van der Waals surface area contributed by atoms with Crippen LogP contribution in [0.15, 0.2) is 24.3 Å². The maximum Gasteiger partial charge on any atom is 0.433 e. The fraction of sp³-hybridized carbons (Fsp3) is 0.600. The van der Waals surface area contributed by atoms with Gasteiger partial charge in [0.2, 0.25) is 0 Å². The molecule has 0 atom stereocenters. The molecule has 246 valence electrons. The number of carbonyl (C=O) groups is 1. The van der Waals surface area contributed by atoms with Crippen molar-refractivity contribution >= 4 is 17.5 Å². The minimum atomic E-state index is -4.56. The maximum absolute atomic E-state index is 13.5. The van der Waals surface area contributed by atoms with Crippen molar-refractivity contribution < 1.29 is 31.1 Å². The summed E-state index contributed by atoms with van der Waals surface area (Å²) in [5.41, 5.74) is -2.20. The third kappa shape index (κ3) is 9.12. The highest BCUT2D eigenvalue weighted by Crippen LogP contribution is 2.34. The molecule has 2 aromatic rings. The van der Waals surface area contributed by atoms with Crippen molar-refractivity contribution in [1.29, 1.82) is 5.26 Å². The highest BCUT2D eigenvalue weighted by Gasteiger charge is 2.36. The number of benzene rings is 1. The summed E-state index contributed by atoms with van der Waals surface area (Å²) in [7, 11) is 0. The first kappa shape index (κ1) is 34.1. The number of unbranched alkanes of at least 4 members (excludes halogenated alkanes) is 1. The van der Waals surface area contributed by atoms with Crippen molar-refractivity contribution in [3.05, 3.63) is 46.9 Å². The quantitative estimate of drug-likeness (QED) is 0.332. The molecule has 9 nitrogen and oxygen atoms in total. The third-order valence-electron chi connectivity index (χ3n) is 7.85. The van der Waals surface area contributed by atoms with Gasteiger partial charge in [-0.05, 0) is 37.6 Å². The van der Waals surface area contributed by atoms with Gasteiger partial charge in [-0.15, -0.1) is 0 Å². The Balaban J connectivity index is 1.17. The Hall–Kier alpha value is -3.80. The number of urea groups is 1. The van der Waals surface area contributed by atoms with Gasteiger partial charge in [-0.3, -0.25) is 4.90 Å². The summed E-state index contributed by atoms with van der Waals surface area (Å²) in [5.74, 6) is 0.441. The van der Waals surface area contributed by atoms with Crippen LogP contribution in [-0.2, 0) is 17.8 Å². The van der Waals surface area contributed by atoms with Crippen molar-refractivity contribution in [2.45, 2.75) is 51.4 Å². The van der Waals surface area contributed by atoms with Gasteiger partial charge in [0.15, 0.2) is 0 Å². The normalized spacial score (nSPS) is 16.9. The number of anilines is 2. The zero-order valence-electron chi connectivity index (χ0n) is 25.6. The van der Waals surface area contributed by atoms with Crippen LogP contribution in [0.3, 0.4) is 0 Å². The Morgan fingerprint density at radius 2 is 1.49 bits per heavy atom. The minimum Gasteiger partial charge on any atom is -0.368 e. The predicted octanol–water partition coefficient (Wildman–Crippen LogP) is 5.12. The lowest BCUT2D eigenvalue weighted by Crippen LogP contribution is -2.52. The number of piperazine rings is 2. The molecule has 3 heterocycles. The van der Waals surface area contributed by atoms with E-state index in [0.29, 0.717) is 64.6 Å². The fourth-order valence-corrected chi connectivity index (χ4v) is 5.23. The van der Waals surface area contributed by atoms with Crippen LogP contribution in [0.4, 0.5) is 42.6 Å². The minimum absolute atomic E-state index is 0.0677. The lowest BCUT2D eigenvalue weighted by molar-refractivity contribution is -0.141. The summed E-state index contributed by atoms with van der Waals surface area (Å²) in [6.45, 7) is 10.4. The van der Waals surface area contributed by atoms with Crippen LogP contribution in [0, 0.1) is 11.3 Å². The first-order valence-electron chi connectivity index (χ1n) is 14.9. The van der Waals surface area contributed by atoms with Gasteiger partial charge in [0.1, 0.15) is 17.3 Å². The monoisotopic (exact) mass is 640 g/mol. The van der Waals surface area contributed by atoms with Crippen LogP contribution >= 0.6 is 0 Å². The van der Waals surface area contributed by atoms with Crippen LogP contribution in [0.5, 0.6) is 0 Å². The SMILES string of the molecule is CC(C)(C)c1nc(N2CCN(CCCCNC(=O)N3CCN(c4cc(C#N)cc(C(F)(F)F)c4)CC3)CC2)cc(C(F)(F)F)n1. The topological polar surface area (TPSA) is 91.6 Å². The number of nitriles is 1. The second-order valence-corrected chi connectivity index (χ2v) is 12.3. The summed E-state index contributed by atoms with van der Waals surface area (Å²) in [6.07, 6.45) is -7.55. The van der Waals surface area contributed by atoms with E-state index in [4.69, 9.17) is 5.26 Å². The lowest BCUT2D eigenvalue weighted by atomic mass is 9.95. The highest BCUT2D eigenvalue weighted by atomic mass is 19.4. The number of amides is 2. The number of nitrogens with one attached hydrogen (secondary N) is 1. The molecule has 4 rings (SSSR count). The van der Waals surface area contributed by atoms with Crippen LogP contribution < -0.4 is 15.1 Å². The molecule has 0 spiro atoms. The van der Waals surface area contributed by atoms with Crippen molar-refractivity contribution in [3.63, 3.8) is 0 Å². The summed E-state index contributed by atoms with van der Waals surface area (Å²) >= 11 is 0. The number of rotatable bonds is 7. The Kier molecular flexibility index (Phi) is 10.4. The zero-order chi connectivity index (χ0) is 33.0. The zero-order valence-corrected chi connectivity index (χ0v) is 25.6. The fourth-order valence-electron chi connectivity index (χ4n) is 5.23. The van der Waals surface area contributed by atoms with E-state index in [9.17, 15) is 31.1 Å². The van der Waals surface area contributed by atoms with Crippen LogP contribution in [0.25, 0.3) is 0 Å². The molecule has 0 aliphatic carbocycles. The molecule has 2 aliphatic rings. The number of aromatic nitrogens is 2. The molecule has 0 saturated carbocycles. The highest BCUT2D eigenvalue weighted by molar-refractivity contribution is 5.74. The van der Waals surface area contributed by atoms with E-state index in [1.807, 2.05) is 4.90 Å². The smallest absolute Gasteiger partial charge is 0.368 e. The second-order valence-electron chi connectivity index (χ2n) is 12.3. The third-order valence-corrected chi connectivity index (χ3v) is 7.85. The number of carbonyl (C=O) groups excluding carboxylic acids is 1. The summed E-state index contributed by atoms with van der Waals surface area (Å²) in [6, 6.07) is 5.84. The van der Waals surface area contributed by atoms with Gasteiger partial charge >= 0.3 is 18.4 Å². The van der Waals surface area contributed by atoms with Crippen LogP contribution in [0.2, 0.25) is 0 Å². The van der Waals surface area contributed by atoms with Gasteiger partial charge in [-0.1, -0.05) is 20.8 Å². The number of halogens is 6. The van der Waals surface area contributed by atoms with Gasteiger partial charge in [0, 0.05) is 76.1 Å². The van der Waals surface area contributed by atoms with E-state index in [1.165, 1.54) is 6.07 Å². The van der Waals surface area contributed by atoms with Crippen molar-refractivity contribution in [2.75, 3.05) is 75.2 Å². The Morgan fingerprint density at radius 1 is 0.844 bits per heavy atom. The summed E-state index contributed by atoms with van der Waals surface area (Å²) in [5, 5.41) is 12.0. The Morgan fingerprint density at radius 3 is 2.07 bits per heavy atom. The molecule has 0 bridgehead atoms. The predicted molar refractivity (Wildman–Crippen MR) is 157 cm³/mol. The average molecular weight is 641 g/mol. The summed E-state index contributed by atoms with van der Waals surface area (Å²) in [4.78, 5) is 28.3. The Bertz CT molecular complexity index is 1340. The molecule has 45 heavy (non-hydrogen) atoms. The first-order valence-corrected chi connectivity index (χ1v) is 14.9. The van der Waals surface area contributed by atoms with Gasteiger partial charge in [0.25, 0.3) is 0 Å². The summed E-state index contributed by atoms with van der Waals surface area (Å²) < 4.78 is 80.2. The van der Waals surface area contributed by atoms with Crippen molar-refractivity contribution in [3.8, 4) is 6.07 Å². The largest absolute Gasteiger partial charge is 0.433 e. The van der Waals surface area contributed by atoms with Gasteiger partial charge in [0.05, 0.1) is 17.2 Å². The number of alkyl halides is 6. The van der Waals surface area contributed by atoms with Crippen molar-refractivity contribution in [2.24, 2.45) is 0 Å². The molecule has 0 unspecified atom stereocenters. The molecule has 15 heteroatoms. The molecule has 1 aromatic carbocycles. The first-order chi connectivity index (χ1) is 21.0. The van der Waals surface area contributed by atoms with E-state index < -0.39 is 29.0 Å². The number of nitrogens with zero attached hydrogens (tertiary/aromatic N) is 7. The molecule has 2 amide bonds. The van der Waals surface area contributed by atoms with Gasteiger partial charge in [-0.2, -0.15) is 31.6 Å². The van der Waals surface area contributed by atoms with E-state index >= 15 is 0 Å². The van der Waals surface area contributed by atoms with E-state index in [-0.39, 0.29) is 23.2 Å². The second kappa shape index (κ2) is 13.7. The van der Waals surface area contributed by atoms with Crippen LogP contribution in [-0.4, -0.2) is 91.2 Å². The van der Waals surface area contributed by atoms with Gasteiger partial charge < -0.3 is 20.0 Å². The standard InChI is InChI=1S/C30H38F6N8O/c1-28(2,3)26-39-24(30(34,35)36)19-25(40-26)43-10-8-41(9-11-43)7-5-4-6-38-27(45)44-14-12-42(13-15-44)23-17-21(20-37)16-22(18-23)29(31,32)33/h16-19H,4-15H2,1-3H3,(H,38,45). The van der Waals surface area contributed by atoms with Gasteiger partial charge in [-0.25, -0.2) is 14.8 Å². The molecule has 2 aliphatic heterocycles. The molecular weight excluding hydrogens is 602 g/mol. The van der Waals surface area contributed by atoms with E-state index in [0.717, 1.165) is 37.6 Å². The molecular formula is C30H38F6N8O.